The van der Waals surface area contributed by atoms with Crippen LogP contribution in [0.1, 0.15) is 6.92 Å². The van der Waals surface area contributed by atoms with Gasteiger partial charge >= 0.3 is 0 Å². The van der Waals surface area contributed by atoms with Gasteiger partial charge in [-0.15, -0.1) is 11.8 Å². The van der Waals surface area contributed by atoms with E-state index in [9.17, 15) is 0 Å². The van der Waals surface area contributed by atoms with E-state index < -0.39 is 0 Å². The molecule has 2 nitrogen and oxygen atoms in total. The first-order chi connectivity index (χ1) is 7.86. The monoisotopic (exact) mass is 233 g/mol. The summed E-state index contributed by atoms with van der Waals surface area (Å²) in [5.74, 6) is 0.957. The van der Waals surface area contributed by atoms with E-state index in [1.165, 1.54) is 0 Å². The van der Waals surface area contributed by atoms with Crippen LogP contribution < -0.4 is 4.74 Å². The lowest BCUT2D eigenvalue weighted by Gasteiger charge is -2.09. The van der Waals surface area contributed by atoms with Crippen LogP contribution in [-0.2, 0) is 0 Å². The number of nitrogens with zero attached hydrogens (tertiary/aromatic N) is 1. The van der Waals surface area contributed by atoms with Crippen molar-refractivity contribution in [2.24, 2.45) is 0 Å². The summed E-state index contributed by atoms with van der Waals surface area (Å²) in [5.41, 5.74) is 1.16. The minimum Gasteiger partial charge on any atom is -0.491 e. The zero-order valence-electron chi connectivity index (χ0n) is 9.51. The average Bonchev–Trinajstić information content (AvgIpc) is 2.73. The Morgan fingerprint density at radius 2 is 1.94 bits per heavy atom. The Balaban J connectivity index is 2.42. The zero-order valence-corrected chi connectivity index (χ0v) is 10.3. The minimum absolute atomic E-state index is 0.701. The molecule has 0 aliphatic heterocycles. The Labute approximate surface area is 100 Å². The summed E-state index contributed by atoms with van der Waals surface area (Å²) in [4.78, 5) is 0. The molecular weight excluding hydrogens is 218 g/mol. The van der Waals surface area contributed by atoms with Gasteiger partial charge < -0.3 is 9.30 Å². The second kappa shape index (κ2) is 5.12. The highest BCUT2D eigenvalue weighted by atomic mass is 32.2. The van der Waals surface area contributed by atoms with E-state index in [0.717, 1.165) is 16.5 Å². The average molecular weight is 233 g/mol. The number of hydrogen-bond donors (Lipinski definition) is 0. The van der Waals surface area contributed by atoms with Gasteiger partial charge in [-0.2, -0.15) is 0 Å². The normalized spacial score (nSPS) is 10.4. The molecule has 2 aromatic rings. The van der Waals surface area contributed by atoms with Crippen LogP contribution in [0.5, 0.6) is 5.75 Å². The maximum Gasteiger partial charge on any atom is 0.151 e. The summed E-state index contributed by atoms with van der Waals surface area (Å²) in [5, 5.41) is 1.15. The lowest BCUT2D eigenvalue weighted by Crippen LogP contribution is -1.96. The molecule has 0 amide bonds. The highest BCUT2D eigenvalue weighted by Gasteiger charge is 2.09. The molecule has 2 rings (SSSR count). The van der Waals surface area contributed by atoms with Crippen molar-refractivity contribution in [2.75, 3.05) is 12.9 Å². The lowest BCUT2D eigenvalue weighted by atomic mass is 10.3. The molecule has 0 radical (unpaired) electrons. The van der Waals surface area contributed by atoms with Crippen LogP contribution >= 0.6 is 11.8 Å². The van der Waals surface area contributed by atoms with Crippen molar-refractivity contribution in [2.45, 2.75) is 11.9 Å². The number of aromatic nitrogens is 1. The van der Waals surface area contributed by atoms with E-state index in [1.807, 2.05) is 37.4 Å². The van der Waals surface area contributed by atoms with Gasteiger partial charge in [0.2, 0.25) is 0 Å². The first kappa shape index (κ1) is 11.1. The molecule has 1 heterocycles. The van der Waals surface area contributed by atoms with Gasteiger partial charge in [-0.05, 0) is 31.4 Å². The number of thioether (sulfide) groups is 1. The summed E-state index contributed by atoms with van der Waals surface area (Å²) >= 11 is 1.70. The topological polar surface area (TPSA) is 14.2 Å². The molecule has 0 atom stereocenters. The zero-order chi connectivity index (χ0) is 11.4. The van der Waals surface area contributed by atoms with Crippen molar-refractivity contribution < 1.29 is 4.74 Å². The largest absolute Gasteiger partial charge is 0.491 e. The number of benzene rings is 1. The number of ether oxygens (including phenoxy) is 1. The first-order valence-corrected chi connectivity index (χ1v) is 6.53. The van der Waals surface area contributed by atoms with Crippen molar-refractivity contribution in [3.05, 3.63) is 42.6 Å². The van der Waals surface area contributed by atoms with Crippen LogP contribution in [-0.4, -0.2) is 17.4 Å². The predicted octanol–water partition coefficient (Wildman–Crippen LogP) is 3.60. The molecule has 84 valence electrons. The Morgan fingerprint density at radius 1 is 1.19 bits per heavy atom. The molecule has 3 heteroatoms. The third-order valence-corrected chi connectivity index (χ3v) is 3.12. The SMILES string of the molecule is CCOc1ccn(-c2ccccc2)c1SC. The molecule has 16 heavy (non-hydrogen) atoms. The van der Waals surface area contributed by atoms with Gasteiger partial charge in [0.15, 0.2) is 5.75 Å². The van der Waals surface area contributed by atoms with Crippen LogP contribution in [0.3, 0.4) is 0 Å². The smallest absolute Gasteiger partial charge is 0.151 e. The molecule has 0 aliphatic carbocycles. The third-order valence-electron chi connectivity index (χ3n) is 2.33. The highest BCUT2D eigenvalue weighted by Crippen LogP contribution is 2.31. The third kappa shape index (κ3) is 2.09. The first-order valence-electron chi connectivity index (χ1n) is 5.30. The molecule has 1 aromatic heterocycles. The van der Waals surface area contributed by atoms with Gasteiger partial charge in [-0.3, -0.25) is 0 Å². The van der Waals surface area contributed by atoms with E-state index in [4.69, 9.17) is 4.74 Å². The number of rotatable bonds is 4. The summed E-state index contributed by atoms with van der Waals surface area (Å²) in [7, 11) is 0. The second-order valence-corrected chi connectivity index (χ2v) is 4.12. The molecule has 0 fully saturated rings. The van der Waals surface area contributed by atoms with Gasteiger partial charge in [-0.25, -0.2) is 0 Å². The molecule has 0 N–H and O–H groups in total. The van der Waals surface area contributed by atoms with Crippen LogP contribution in [0.2, 0.25) is 0 Å². The fourth-order valence-corrected chi connectivity index (χ4v) is 2.35. The summed E-state index contributed by atoms with van der Waals surface area (Å²) < 4.78 is 7.74. The van der Waals surface area contributed by atoms with Crippen LogP contribution in [0, 0.1) is 0 Å². The van der Waals surface area contributed by atoms with Crippen LogP contribution in [0.25, 0.3) is 5.69 Å². The van der Waals surface area contributed by atoms with E-state index >= 15 is 0 Å². The lowest BCUT2D eigenvalue weighted by molar-refractivity contribution is 0.331. The Bertz CT molecular complexity index is 450. The van der Waals surface area contributed by atoms with E-state index in [-0.39, 0.29) is 0 Å². The molecule has 1 aromatic carbocycles. The summed E-state index contributed by atoms with van der Waals surface area (Å²) in [6, 6.07) is 12.3. The Morgan fingerprint density at radius 3 is 2.56 bits per heavy atom. The van der Waals surface area contributed by atoms with Gasteiger partial charge in [0, 0.05) is 11.9 Å². The van der Waals surface area contributed by atoms with Crippen LogP contribution in [0.4, 0.5) is 0 Å². The van der Waals surface area contributed by atoms with E-state index in [0.29, 0.717) is 6.61 Å². The summed E-state index contributed by atoms with van der Waals surface area (Å²) in [6.07, 6.45) is 4.11. The van der Waals surface area contributed by atoms with Crippen molar-refractivity contribution in [3.63, 3.8) is 0 Å². The fourth-order valence-electron chi connectivity index (χ4n) is 1.66. The van der Waals surface area contributed by atoms with Gasteiger partial charge in [0.25, 0.3) is 0 Å². The quantitative estimate of drug-likeness (QED) is 0.749. The van der Waals surface area contributed by atoms with Crippen molar-refractivity contribution in [1.82, 2.24) is 4.57 Å². The van der Waals surface area contributed by atoms with E-state index in [2.05, 4.69) is 23.0 Å². The Hall–Kier alpha value is -1.35. The molecule has 0 aliphatic rings. The molecule has 0 saturated heterocycles. The molecular formula is C13H15NOS. The highest BCUT2D eigenvalue weighted by molar-refractivity contribution is 7.98. The standard InChI is InChI=1S/C13H15NOS/c1-3-15-12-9-10-14(13(12)16-2)11-7-5-4-6-8-11/h4-10H,3H2,1-2H3. The predicted molar refractivity (Wildman–Crippen MR) is 68.7 cm³/mol. The molecule has 0 spiro atoms. The van der Waals surface area contributed by atoms with Crippen LogP contribution in [0.15, 0.2) is 47.6 Å². The maximum absolute atomic E-state index is 5.59. The maximum atomic E-state index is 5.59. The van der Waals surface area contributed by atoms with Crippen molar-refractivity contribution in [1.29, 1.82) is 0 Å². The molecule has 0 bridgehead atoms. The van der Waals surface area contributed by atoms with Gasteiger partial charge in [0.05, 0.1) is 6.61 Å². The molecule has 0 unspecified atom stereocenters. The minimum atomic E-state index is 0.701. The van der Waals surface area contributed by atoms with Gasteiger partial charge in [-0.1, -0.05) is 18.2 Å². The number of hydrogen-bond acceptors (Lipinski definition) is 2. The number of para-hydroxylation sites is 1. The van der Waals surface area contributed by atoms with Gasteiger partial charge in [0.1, 0.15) is 5.03 Å². The Kier molecular flexibility index (Phi) is 3.57. The summed E-state index contributed by atoms with van der Waals surface area (Å²) in [6.45, 7) is 2.70. The second-order valence-electron chi connectivity index (χ2n) is 3.33. The van der Waals surface area contributed by atoms with E-state index in [1.54, 1.807) is 11.8 Å². The van der Waals surface area contributed by atoms with Crippen molar-refractivity contribution >= 4 is 11.8 Å². The molecule has 0 saturated carbocycles. The van der Waals surface area contributed by atoms with Crippen molar-refractivity contribution in [3.8, 4) is 11.4 Å². The fraction of sp³-hybridized carbons (Fsp3) is 0.231.